The van der Waals surface area contributed by atoms with Crippen LogP contribution in [0.2, 0.25) is 0 Å². The van der Waals surface area contributed by atoms with E-state index < -0.39 is 0 Å². The van der Waals surface area contributed by atoms with Crippen molar-refractivity contribution in [3.8, 4) is 0 Å². The molecule has 2 aliphatic rings. The summed E-state index contributed by atoms with van der Waals surface area (Å²) < 4.78 is 0. The van der Waals surface area contributed by atoms with Crippen LogP contribution in [0.3, 0.4) is 0 Å². The van der Waals surface area contributed by atoms with Crippen LogP contribution in [0.15, 0.2) is 12.7 Å². The predicted molar refractivity (Wildman–Crippen MR) is 53.6 cm³/mol. The van der Waals surface area contributed by atoms with E-state index in [-0.39, 0.29) is 6.10 Å². The summed E-state index contributed by atoms with van der Waals surface area (Å²) >= 11 is 0. The largest absolute Gasteiger partial charge is 0.391 e. The summed E-state index contributed by atoms with van der Waals surface area (Å²) in [6.45, 7) is 4.94. The second-order valence-corrected chi connectivity index (χ2v) is 4.28. The summed E-state index contributed by atoms with van der Waals surface area (Å²) in [7, 11) is 0. The Bertz CT molecular complexity index is 193. The van der Waals surface area contributed by atoms with Crippen molar-refractivity contribution < 1.29 is 5.11 Å². The van der Waals surface area contributed by atoms with Crippen molar-refractivity contribution in [2.45, 2.75) is 50.3 Å². The highest BCUT2D eigenvalue weighted by Gasteiger charge is 2.39. The molecule has 2 aliphatic heterocycles. The molecular formula is C11H19NO. The molecule has 2 rings (SSSR count). The smallest absolute Gasteiger partial charge is 0.0713 e. The molecule has 0 bridgehead atoms. The van der Waals surface area contributed by atoms with E-state index in [0.29, 0.717) is 12.1 Å². The van der Waals surface area contributed by atoms with Gasteiger partial charge in [-0.15, -0.1) is 6.58 Å². The third-order valence-corrected chi connectivity index (χ3v) is 3.46. The lowest BCUT2D eigenvalue weighted by atomic mass is 10.0. The van der Waals surface area contributed by atoms with Crippen molar-refractivity contribution in [2.24, 2.45) is 0 Å². The third kappa shape index (κ3) is 1.65. The Morgan fingerprint density at radius 1 is 1.46 bits per heavy atom. The summed E-state index contributed by atoms with van der Waals surface area (Å²) in [5, 5.41) is 9.86. The van der Waals surface area contributed by atoms with Gasteiger partial charge in [-0.25, -0.2) is 0 Å². The van der Waals surface area contributed by atoms with Gasteiger partial charge in [0.05, 0.1) is 6.10 Å². The molecule has 2 heterocycles. The van der Waals surface area contributed by atoms with Gasteiger partial charge in [0, 0.05) is 12.1 Å². The molecule has 0 amide bonds. The molecular weight excluding hydrogens is 162 g/mol. The lowest BCUT2D eigenvalue weighted by Crippen LogP contribution is -2.41. The quantitative estimate of drug-likeness (QED) is 0.653. The molecule has 1 N–H and O–H groups in total. The molecule has 13 heavy (non-hydrogen) atoms. The maximum atomic E-state index is 9.86. The SMILES string of the molecule is C=CCC1C(O)CC2CCCCN21. The van der Waals surface area contributed by atoms with E-state index in [4.69, 9.17) is 0 Å². The number of hydrogen-bond donors (Lipinski definition) is 1. The fourth-order valence-corrected chi connectivity index (χ4v) is 2.83. The minimum absolute atomic E-state index is 0.110. The zero-order chi connectivity index (χ0) is 9.26. The van der Waals surface area contributed by atoms with Gasteiger partial charge in [0.15, 0.2) is 0 Å². The van der Waals surface area contributed by atoms with E-state index in [1.807, 2.05) is 6.08 Å². The highest BCUT2D eigenvalue weighted by molar-refractivity contribution is 4.98. The molecule has 3 atom stereocenters. The Hall–Kier alpha value is -0.340. The van der Waals surface area contributed by atoms with Crippen LogP contribution in [-0.2, 0) is 0 Å². The average Bonchev–Trinajstić information content (AvgIpc) is 2.44. The van der Waals surface area contributed by atoms with Crippen molar-refractivity contribution in [1.82, 2.24) is 4.90 Å². The first-order chi connectivity index (χ1) is 6.33. The topological polar surface area (TPSA) is 23.5 Å². The minimum Gasteiger partial charge on any atom is -0.391 e. The lowest BCUT2D eigenvalue weighted by Gasteiger charge is -2.33. The first-order valence-electron chi connectivity index (χ1n) is 5.37. The van der Waals surface area contributed by atoms with Gasteiger partial charge in [-0.3, -0.25) is 4.90 Å². The number of piperidine rings is 1. The second kappa shape index (κ2) is 3.81. The number of rotatable bonds is 2. The molecule has 0 aromatic heterocycles. The predicted octanol–water partition coefficient (Wildman–Crippen LogP) is 1.55. The maximum absolute atomic E-state index is 9.86. The Morgan fingerprint density at radius 3 is 3.08 bits per heavy atom. The van der Waals surface area contributed by atoms with E-state index in [1.165, 1.54) is 25.8 Å². The zero-order valence-corrected chi connectivity index (χ0v) is 8.15. The van der Waals surface area contributed by atoms with Crippen molar-refractivity contribution in [3.05, 3.63) is 12.7 Å². The van der Waals surface area contributed by atoms with E-state index >= 15 is 0 Å². The molecule has 2 nitrogen and oxygen atoms in total. The monoisotopic (exact) mass is 181 g/mol. The highest BCUT2D eigenvalue weighted by Crippen LogP contribution is 2.33. The summed E-state index contributed by atoms with van der Waals surface area (Å²) in [4.78, 5) is 2.50. The van der Waals surface area contributed by atoms with Gasteiger partial charge in [0.25, 0.3) is 0 Å². The number of aliphatic hydroxyl groups excluding tert-OH is 1. The van der Waals surface area contributed by atoms with Crippen LogP contribution in [0.5, 0.6) is 0 Å². The maximum Gasteiger partial charge on any atom is 0.0713 e. The average molecular weight is 181 g/mol. The van der Waals surface area contributed by atoms with Gasteiger partial charge < -0.3 is 5.11 Å². The van der Waals surface area contributed by atoms with Crippen LogP contribution in [0.1, 0.15) is 32.1 Å². The van der Waals surface area contributed by atoms with E-state index in [2.05, 4.69) is 11.5 Å². The fourth-order valence-electron chi connectivity index (χ4n) is 2.83. The van der Waals surface area contributed by atoms with Crippen LogP contribution in [-0.4, -0.2) is 34.7 Å². The van der Waals surface area contributed by atoms with Crippen molar-refractivity contribution in [3.63, 3.8) is 0 Å². The third-order valence-electron chi connectivity index (χ3n) is 3.46. The number of fused-ring (bicyclic) bond motifs is 1. The minimum atomic E-state index is -0.110. The van der Waals surface area contributed by atoms with Gasteiger partial charge >= 0.3 is 0 Å². The molecule has 0 saturated carbocycles. The lowest BCUT2D eigenvalue weighted by molar-refractivity contribution is 0.0987. The first kappa shape index (κ1) is 9.22. The summed E-state index contributed by atoms with van der Waals surface area (Å²) in [6, 6.07) is 1.02. The molecule has 2 fully saturated rings. The molecule has 0 spiro atoms. The summed E-state index contributed by atoms with van der Waals surface area (Å²) in [6.07, 6.45) is 7.68. The Labute approximate surface area is 80.2 Å². The number of hydrogen-bond acceptors (Lipinski definition) is 2. The molecule has 0 aromatic carbocycles. The van der Waals surface area contributed by atoms with Gasteiger partial charge in [0.2, 0.25) is 0 Å². The standard InChI is InChI=1S/C11H19NO/c1-2-5-10-11(13)8-9-6-3-4-7-12(9)10/h2,9-11,13H,1,3-8H2. The molecule has 74 valence electrons. The Kier molecular flexibility index (Phi) is 2.70. The summed E-state index contributed by atoms with van der Waals surface area (Å²) in [5.41, 5.74) is 0. The van der Waals surface area contributed by atoms with Gasteiger partial charge in [0.1, 0.15) is 0 Å². The zero-order valence-electron chi connectivity index (χ0n) is 8.15. The van der Waals surface area contributed by atoms with Crippen molar-refractivity contribution in [2.75, 3.05) is 6.54 Å². The van der Waals surface area contributed by atoms with Gasteiger partial charge in [-0.1, -0.05) is 12.5 Å². The number of aliphatic hydroxyl groups is 1. The van der Waals surface area contributed by atoms with Crippen LogP contribution in [0.25, 0.3) is 0 Å². The van der Waals surface area contributed by atoms with Crippen molar-refractivity contribution in [1.29, 1.82) is 0 Å². The van der Waals surface area contributed by atoms with Crippen LogP contribution in [0, 0.1) is 0 Å². The fraction of sp³-hybridized carbons (Fsp3) is 0.818. The van der Waals surface area contributed by atoms with E-state index in [1.54, 1.807) is 0 Å². The van der Waals surface area contributed by atoms with E-state index in [0.717, 1.165) is 12.8 Å². The Balaban J connectivity index is 2.04. The number of nitrogens with zero attached hydrogens (tertiary/aromatic N) is 1. The molecule has 2 saturated heterocycles. The normalized spacial score (nSPS) is 40.2. The van der Waals surface area contributed by atoms with Gasteiger partial charge in [-0.05, 0) is 32.2 Å². The van der Waals surface area contributed by atoms with E-state index in [9.17, 15) is 5.11 Å². The second-order valence-electron chi connectivity index (χ2n) is 4.28. The first-order valence-corrected chi connectivity index (χ1v) is 5.37. The molecule has 0 aromatic rings. The summed E-state index contributed by atoms with van der Waals surface area (Å²) in [5.74, 6) is 0. The molecule has 2 heteroatoms. The van der Waals surface area contributed by atoms with Crippen LogP contribution >= 0.6 is 0 Å². The molecule has 3 unspecified atom stereocenters. The van der Waals surface area contributed by atoms with Crippen LogP contribution in [0.4, 0.5) is 0 Å². The highest BCUT2D eigenvalue weighted by atomic mass is 16.3. The van der Waals surface area contributed by atoms with Gasteiger partial charge in [-0.2, -0.15) is 0 Å². The van der Waals surface area contributed by atoms with Crippen LogP contribution < -0.4 is 0 Å². The molecule has 0 aliphatic carbocycles. The molecule has 0 radical (unpaired) electrons. The Morgan fingerprint density at radius 2 is 2.31 bits per heavy atom. The van der Waals surface area contributed by atoms with Crippen molar-refractivity contribution >= 4 is 0 Å².